The average molecular weight is 492 g/mol. The van der Waals surface area contributed by atoms with E-state index in [-0.39, 0.29) is 23.2 Å². The lowest BCUT2D eigenvalue weighted by atomic mass is 10.0. The van der Waals surface area contributed by atoms with Gasteiger partial charge < -0.3 is 10.6 Å². The number of aromatic nitrogens is 5. The van der Waals surface area contributed by atoms with Crippen LogP contribution in [0.3, 0.4) is 0 Å². The molecule has 0 aliphatic heterocycles. The Morgan fingerprint density at radius 3 is 2.62 bits per heavy atom. The number of nitrogens with two attached hydrogens (primary N) is 1. The van der Waals surface area contributed by atoms with Crippen molar-refractivity contribution < 1.29 is 4.79 Å². The van der Waals surface area contributed by atoms with Crippen LogP contribution in [0.25, 0.3) is 0 Å². The summed E-state index contributed by atoms with van der Waals surface area (Å²) in [7, 11) is 0. The first-order valence-corrected chi connectivity index (χ1v) is 13.4. The SMILES string of the molecule is CCCCCN(C(=O)CSc1n[nH]c(CC2CCCC2)n1)c1c(N)n(CCCC)c(=O)[nH]c1=O. The standard InChI is InChI=1S/C23H37N7O3S/c1-3-5-9-13-29(19-20(24)30(12-6-4-2)23(33)26-21(19)32)18(31)15-34-22-25-17(27-28-22)14-16-10-7-8-11-16/h16H,3-15,24H2,1-2H3,(H,25,27,28)(H,26,32,33). The minimum Gasteiger partial charge on any atom is -0.383 e. The number of H-pyrrole nitrogens is 2. The molecule has 0 aromatic carbocycles. The van der Waals surface area contributed by atoms with E-state index in [1.807, 2.05) is 6.92 Å². The van der Waals surface area contributed by atoms with Gasteiger partial charge in [-0.1, -0.05) is 70.6 Å². The summed E-state index contributed by atoms with van der Waals surface area (Å²) in [6, 6.07) is 0. The maximum atomic E-state index is 13.3. The van der Waals surface area contributed by atoms with Crippen LogP contribution in [0, 0.1) is 5.92 Å². The maximum Gasteiger partial charge on any atom is 0.330 e. The largest absolute Gasteiger partial charge is 0.383 e. The Balaban J connectivity index is 1.75. The number of anilines is 2. The first-order chi connectivity index (χ1) is 16.4. The van der Waals surface area contributed by atoms with Crippen molar-refractivity contribution in [3.8, 4) is 0 Å². The van der Waals surface area contributed by atoms with Gasteiger partial charge in [-0.15, -0.1) is 5.10 Å². The van der Waals surface area contributed by atoms with E-state index < -0.39 is 11.2 Å². The Morgan fingerprint density at radius 2 is 1.91 bits per heavy atom. The van der Waals surface area contributed by atoms with Crippen molar-refractivity contribution in [1.82, 2.24) is 24.7 Å². The Morgan fingerprint density at radius 1 is 1.18 bits per heavy atom. The highest BCUT2D eigenvalue weighted by molar-refractivity contribution is 7.99. The quantitative estimate of drug-likeness (QED) is 0.289. The molecule has 1 aliphatic carbocycles. The number of amides is 1. The molecule has 2 heterocycles. The first-order valence-electron chi connectivity index (χ1n) is 12.4. The molecule has 0 atom stereocenters. The van der Waals surface area contributed by atoms with Crippen LogP contribution < -0.4 is 21.9 Å². The third-order valence-corrected chi connectivity index (χ3v) is 7.13. The Bertz CT molecular complexity index is 1060. The molecule has 1 amide bonds. The lowest BCUT2D eigenvalue weighted by molar-refractivity contribution is -0.116. The van der Waals surface area contributed by atoms with Crippen LogP contribution in [-0.4, -0.2) is 42.9 Å². The van der Waals surface area contributed by atoms with Crippen LogP contribution in [0.5, 0.6) is 0 Å². The molecule has 0 unspecified atom stereocenters. The maximum absolute atomic E-state index is 13.3. The molecule has 4 N–H and O–H groups in total. The Labute approximate surface area is 204 Å². The Hall–Kier alpha value is -2.56. The minimum atomic E-state index is -0.637. The fourth-order valence-electron chi connectivity index (χ4n) is 4.38. The van der Waals surface area contributed by atoms with E-state index in [9.17, 15) is 14.4 Å². The van der Waals surface area contributed by atoms with E-state index in [0.717, 1.165) is 44.3 Å². The summed E-state index contributed by atoms with van der Waals surface area (Å²) >= 11 is 1.24. The summed E-state index contributed by atoms with van der Waals surface area (Å²) in [5, 5.41) is 7.76. The van der Waals surface area contributed by atoms with Gasteiger partial charge in [-0.2, -0.15) is 0 Å². The van der Waals surface area contributed by atoms with E-state index >= 15 is 0 Å². The number of unbranched alkanes of at least 4 members (excludes halogenated alkanes) is 3. The molecular weight excluding hydrogens is 454 g/mol. The fraction of sp³-hybridized carbons (Fsp3) is 0.696. The number of carbonyl (C=O) groups excluding carboxylic acids is 1. The van der Waals surface area contributed by atoms with Crippen LogP contribution in [0.4, 0.5) is 11.5 Å². The van der Waals surface area contributed by atoms with Gasteiger partial charge in [-0.05, 0) is 18.8 Å². The minimum absolute atomic E-state index is 0.0359. The Kier molecular flexibility index (Phi) is 9.79. The summed E-state index contributed by atoms with van der Waals surface area (Å²) < 4.78 is 1.35. The fourth-order valence-corrected chi connectivity index (χ4v) is 5.08. The lowest BCUT2D eigenvalue weighted by Crippen LogP contribution is -2.42. The second-order valence-corrected chi connectivity index (χ2v) is 9.90. The molecule has 188 valence electrons. The molecule has 1 aliphatic rings. The van der Waals surface area contributed by atoms with Gasteiger partial charge >= 0.3 is 5.69 Å². The number of carbonyl (C=O) groups is 1. The number of thioether (sulfide) groups is 1. The molecule has 1 fully saturated rings. The summed E-state index contributed by atoms with van der Waals surface area (Å²) in [6.45, 7) is 4.82. The molecule has 0 saturated heterocycles. The lowest BCUT2D eigenvalue weighted by Gasteiger charge is -2.24. The number of rotatable bonds is 13. The zero-order valence-corrected chi connectivity index (χ0v) is 21.1. The van der Waals surface area contributed by atoms with E-state index in [1.165, 1.54) is 46.9 Å². The van der Waals surface area contributed by atoms with Crippen LogP contribution in [0.15, 0.2) is 14.7 Å². The number of aromatic amines is 2. The number of hydrogen-bond acceptors (Lipinski definition) is 7. The van der Waals surface area contributed by atoms with Gasteiger partial charge in [-0.25, -0.2) is 9.78 Å². The van der Waals surface area contributed by atoms with Gasteiger partial charge in [0, 0.05) is 19.5 Å². The van der Waals surface area contributed by atoms with Crippen molar-refractivity contribution in [2.75, 3.05) is 22.9 Å². The monoisotopic (exact) mass is 491 g/mol. The highest BCUT2D eigenvalue weighted by atomic mass is 32.2. The zero-order chi connectivity index (χ0) is 24.5. The topological polar surface area (TPSA) is 143 Å². The smallest absolute Gasteiger partial charge is 0.330 e. The molecular formula is C23H37N7O3S. The van der Waals surface area contributed by atoms with Gasteiger partial charge in [0.05, 0.1) is 5.75 Å². The van der Waals surface area contributed by atoms with Crippen molar-refractivity contribution in [2.45, 2.75) is 89.8 Å². The normalized spacial score (nSPS) is 14.1. The predicted octanol–water partition coefficient (Wildman–Crippen LogP) is 3.09. The van der Waals surface area contributed by atoms with Gasteiger partial charge in [0.2, 0.25) is 11.1 Å². The highest BCUT2D eigenvalue weighted by Crippen LogP contribution is 2.27. The average Bonchev–Trinajstić information content (AvgIpc) is 3.48. The molecule has 0 spiro atoms. The van der Waals surface area contributed by atoms with Crippen LogP contribution in [-0.2, 0) is 17.8 Å². The van der Waals surface area contributed by atoms with Gasteiger partial charge in [-0.3, -0.25) is 24.2 Å². The van der Waals surface area contributed by atoms with E-state index in [2.05, 4.69) is 27.1 Å². The van der Waals surface area contributed by atoms with Gasteiger partial charge in [0.25, 0.3) is 5.56 Å². The third kappa shape index (κ3) is 6.74. The highest BCUT2D eigenvalue weighted by Gasteiger charge is 2.25. The number of hydrogen-bond donors (Lipinski definition) is 3. The summed E-state index contributed by atoms with van der Waals surface area (Å²) in [5.41, 5.74) is 5.13. The van der Waals surface area contributed by atoms with Crippen LogP contribution >= 0.6 is 11.8 Å². The van der Waals surface area contributed by atoms with Crippen molar-refractivity contribution in [3.05, 3.63) is 26.7 Å². The van der Waals surface area contributed by atoms with Crippen LogP contribution in [0.1, 0.15) is 77.5 Å². The van der Waals surface area contributed by atoms with Gasteiger partial charge in [0.1, 0.15) is 11.6 Å². The molecule has 11 heteroatoms. The van der Waals surface area contributed by atoms with Crippen molar-refractivity contribution in [2.24, 2.45) is 5.92 Å². The van der Waals surface area contributed by atoms with E-state index in [1.54, 1.807) is 0 Å². The summed E-state index contributed by atoms with van der Waals surface area (Å²) in [4.78, 5) is 46.6. The molecule has 0 bridgehead atoms. The first kappa shape index (κ1) is 26.1. The molecule has 10 nitrogen and oxygen atoms in total. The molecule has 34 heavy (non-hydrogen) atoms. The third-order valence-electron chi connectivity index (χ3n) is 6.30. The van der Waals surface area contributed by atoms with Gasteiger partial charge in [0.15, 0.2) is 5.69 Å². The second-order valence-electron chi connectivity index (χ2n) is 8.96. The predicted molar refractivity (Wildman–Crippen MR) is 135 cm³/mol. The molecule has 2 aromatic rings. The van der Waals surface area contributed by atoms with Crippen molar-refractivity contribution in [3.63, 3.8) is 0 Å². The van der Waals surface area contributed by atoms with E-state index in [4.69, 9.17) is 5.73 Å². The van der Waals surface area contributed by atoms with E-state index in [0.29, 0.717) is 24.2 Å². The summed E-state index contributed by atoms with van der Waals surface area (Å²) in [6.07, 6.45) is 10.1. The number of nitrogen functional groups attached to an aromatic ring is 1. The number of nitrogens with one attached hydrogen (secondary N) is 2. The van der Waals surface area contributed by atoms with Crippen LogP contribution in [0.2, 0.25) is 0 Å². The molecule has 2 aromatic heterocycles. The van der Waals surface area contributed by atoms with Crippen molar-refractivity contribution in [1.29, 1.82) is 0 Å². The summed E-state index contributed by atoms with van der Waals surface area (Å²) in [5.74, 6) is 1.35. The zero-order valence-electron chi connectivity index (χ0n) is 20.3. The number of nitrogens with zero attached hydrogens (tertiary/aromatic N) is 4. The molecule has 1 saturated carbocycles. The van der Waals surface area contributed by atoms with Crippen molar-refractivity contribution >= 4 is 29.2 Å². The second kappa shape index (κ2) is 12.8. The molecule has 0 radical (unpaired) electrons. The molecule has 3 rings (SSSR count).